The summed E-state index contributed by atoms with van der Waals surface area (Å²) in [5.41, 5.74) is 0.956. The minimum Gasteiger partial charge on any atom is -0.379 e. The zero-order valence-corrected chi connectivity index (χ0v) is 19.2. The molecule has 32 heavy (non-hydrogen) atoms. The number of rotatable bonds is 18. The summed E-state index contributed by atoms with van der Waals surface area (Å²) in [6.45, 7) is 3.92. The smallest absolute Gasteiger partial charge is 0.261 e. The number of imide groups is 1. The lowest BCUT2D eigenvalue weighted by molar-refractivity contribution is -0.00508. The molecular formula is C21H33NO9S. The maximum atomic E-state index is 12.3. The third-order valence-corrected chi connectivity index (χ3v) is 5.06. The molecule has 0 bridgehead atoms. The molecule has 2 amide bonds. The molecule has 0 radical (unpaired) electrons. The number of unbranched alkanes of at least 4 members (excludes halogenated alkanes) is 1. The van der Waals surface area contributed by atoms with E-state index in [2.05, 4.69) is 0 Å². The number of ether oxygens (including phenoxy) is 4. The maximum absolute atomic E-state index is 12.3. The van der Waals surface area contributed by atoms with Crippen LogP contribution in [0.3, 0.4) is 0 Å². The van der Waals surface area contributed by atoms with Crippen molar-refractivity contribution in [3.05, 3.63) is 35.4 Å². The van der Waals surface area contributed by atoms with Gasteiger partial charge in [0.15, 0.2) is 0 Å². The molecule has 2 rings (SSSR count). The van der Waals surface area contributed by atoms with Gasteiger partial charge in [0.05, 0.1) is 74.9 Å². The Morgan fingerprint density at radius 2 is 1.16 bits per heavy atom. The number of amides is 2. The number of carbonyl (C=O) groups is 2. The van der Waals surface area contributed by atoms with Crippen molar-refractivity contribution in [2.24, 2.45) is 0 Å². The van der Waals surface area contributed by atoms with Crippen LogP contribution < -0.4 is 0 Å². The number of hydrogen-bond acceptors (Lipinski definition) is 9. The highest BCUT2D eigenvalue weighted by Crippen LogP contribution is 2.33. The first kappa shape index (κ1) is 26.7. The van der Waals surface area contributed by atoms with Crippen molar-refractivity contribution >= 4 is 22.7 Å². The first-order valence-corrected chi connectivity index (χ1v) is 12.4. The molecule has 11 heteroatoms. The lowest BCUT2D eigenvalue weighted by Gasteiger charge is -2.20. The molecule has 0 aliphatic carbocycles. The predicted molar refractivity (Wildman–Crippen MR) is 119 cm³/mol. The van der Waals surface area contributed by atoms with E-state index in [9.17, 15) is 9.59 Å². The molecule has 0 saturated heterocycles. The van der Waals surface area contributed by atoms with Crippen molar-refractivity contribution in [1.82, 2.24) is 4.90 Å². The molecule has 0 unspecified atom stereocenters. The number of hydrogen-bond donors (Lipinski definition) is 2. The van der Waals surface area contributed by atoms with E-state index in [1.54, 1.807) is 24.3 Å². The first-order chi connectivity index (χ1) is 15.4. The van der Waals surface area contributed by atoms with Crippen LogP contribution in [0.1, 0.15) is 33.6 Å². The van der Waals surface area contributed by atoms with Crippen LogP contribution in [0.25, 0.3) is 0 Å². The second-order valence-corrected chi connectivity index (χ2v) is 8.81. The normalized spacial score (nSPS) is 14.3. The molecule has 0 atom stereocenters. The number of benzene rings is 1. The number of carbonyl (C=O) groups excluding carboxylic acids is 2. The Hall–Kier alpha value is -1.57. The van der Waals surface area contributed by atoms with Crippen molar-refractivity contribution in [3.8, 4) is 0 Å². The molecule has 2 N–H and O–H groups in total. The van der Waals surface area contributed by atoms with Crippen LogP contribution in [-0.4, -0.2) is 98.1 Å². The van der Waals surface area contributed by atoms with Gasteiger partial charge in [-0.2, -0.15) is 0 Å². The highest BCUT2D eigenvalue weighted by atomic mass is 32.3. The van der Waals surface area contributed by atoms with E-state index in [1.807, 2.05) is 0 Å². The van der Waals surface area contributed by atoms with E-state index in [0.717, 1.165) is 6.42 Å². The fraction of sp³-hybridized carbons (Fsp3) is 0.619. The average molecular weight is 476 g/mol. The molecule has 1 aliphatic heterocycles. The second-order valence-electron chi connectivity index (χ2n) is 7.05. The topological polar surface area (TPSA) is 124 Å². The van der Waals surface area contributed by atoms with Gasteiger partial charge in [0.1, 0.15) is 0 Å². The summed E-state index contributed by atoms with van der Waals surface area (Å²) in [6.07, 6.45) is 2.65. The zero-order chi connectivity index (χ0) is 23.2. The van der Waals surface area contributed by atoms with Gasteiger partial charge in [-0.3, -0.25) is 18.7 Å². The van der Waals surface area contributed by atoms with Crippen LogP contribution in [-0.2, 0) is 23.1 Å². The Labute approximate surface area is 190 Å². The molecule has 0 spiro atoms. The van der Waals surface area contributed by atoms with E-state index in [4.69, 9.17) is 32.2 Å². The van der Waals surface area contributed by atoms with E-state index in [1.165, 1.54) is 11.2 Å². The van der Waals surface area contributed by atoms with Crippen LogP contribution in [0.4, 0.5) is 0 Å². The van der Waals surface area contributed by atoms with Crippen LogP contribution in [0.2, 0.25) is 0 Å². The summed E-state index contributed by atoms with van der Waals surface area (Å²) < 4.78 is 44.2. The third kappa shape index (κ3) is 9.92. The van der Waals surface area contributed by atoms with Gasteiger partial charge in [0.2, 0.25) is 0 Å². The van der Waals surface area contributed by atoms with Crippen molar-refractivity contribution in [2.75, 3.05) is 72.3 Å². The fourth-order valence-electron chi connectivity index (χ4n) is 2.93. The number of fused-ring (bicyclic) bond motifs is 1. The van der Waals surface area contributed by atoms with Gasteiger partial charge in [-0.05, 0) is 25.0 Å². The molecule has 1 aliphatic rings. The summed E-state index contributed by atoms with van der Waals surface area (Å²) in [5, 5.41) is 0. The minimum absolute atomic E-state index is 0.116. The predicted octanol–water partition coefficient (Wildman–Crippen LogP) is 2.44. The Bertz CT molecular complexity index is 676. The molecule has 1 aromatic rings. The SMILES string of the molecule is CS(O)(O)OCCOCCOCCOCCOCCCCN1C(=O)c2ccccc2C1=O. The van der Waals surface area contributed by atoms with E-state index < -0.39 is 10.9 Å². The fourth-order valence-corrected chi connectivity index (χ4v) is 3.31. The van der Waals surface area contributed by atoms with E-state index >= 15 is 0 Å². The van der Waals surface area contributed by atoms with Crippen LogP contribution in [0.5, 0.6) is 0 Å². The highest BCUT2D eigenvalue weighted by molar-refractivity contribution is 8.19. The minimum atomic E-state index is -2.92. The summed E-state index contributed by atoms with van der Waals surface area (Å²) in [7, 11) is -2.92. The van der Waals surface area contributed by atoms with Crippen molar-refractivity contribution in [2.45, 2.75) is 12.8 Å². The summed E-state index contributed by atoms with van der Waals surface area (Å²) in [5.74, 6) is -0.445. The highest BCUT2D eigenvalue weighted by Gasteiger charge is 2.34. The van der Waals surface area contributed by atoms with Gasteiger partial charge in [-0.1, -0.05) is 12.1 Å². The van der Waals surface area contributed by atoms with Gasteiger partial charge in [-0.25, -0.2) is 0 Å². The van der Waals surface area contributed by atoms with Crippen LogP contribution in [0, 0.1) is 0 Å². The Morgan fingerprint density at radius 1 is 0.719 bits per heavy atom. The molecule has 0 saturated carbocycles. The summed E-state index contributed by atoms with van der Waals surface area (Å²) in [4.78, 5) is 25.8. The van der Waals surface area contributed by atoms with Crippen molar-refractivity contribution in [1.29, 1.82) is 0 Å². The van der Waals surface area contributed by atoms with Crippen LogP contribution in [0.15, 0.2) is 24.3 Å². The van der Waals surface area contributed by atoms with Gasteiger partial charge in [0, 0.05) is 19.4 Å². The van der Waals surface area contributed by atoms with E-state index in [0.29, 0.717) is 70.3 Å². The van der Waals surface area contributed by atoms with Crippen molar-refractivity contribution in [3.63, 3.8) is 0 Å². The Morgan fingerprint density at radius 3 is 1.62 bits per heavy atom. The quantitative estimate of drug-likeness (QED) is 0.243. The zero-order valence-electron chi connectivity index (χ0n) is 18.4. The second kappa shape index (κ2) is 14.6. The standard InChI is InChI=1S/C21H33NO9S/c1-32(25,26)31-17-16-30-15-14-29-13-12-28-11-10-27-9-5-4-8-22-20(23)18-6-2-3-7-19(18)21(22)24/h2-3,6-7,25-26H,4-5,8-17H2,1H3. The van der Waals surface area contributed by atoms with Crippen molar-refractivity contribution < 1.29 is 41.8 Å². The lowest BCUT2D eigenvalue weighted by atomic mass is 10.1. The van der Waals surface area contributed by atoms with Gasteiger partial charge >= 0.3 is 0 Å². The summed E-state index contributed by atoms with van der Waals surface area (Å²) >= 11 is 0. The average Bonchev–Trinajstić information content (AvgIpc) is 3.00. The molecule has 1 aromatic carbocycles. The van der Waals surface area contributed by atoms with Gasteiger partial charge in [0.25, 0.3) is 11.8 Å². The lowest BCUT2D eigenvalue weighted by Crippen LogP contribution is -2.30. The van der Waals surface area contributed by atoms with Gasteiger partial charge < -0.3 is 28.1 Å². The molecule has 182 valence electrons. The molecule has 0 fully saturated rings. The van der Waals surface area contributed by atoms with Crippen LogP contribution >= 0.6 is 10.9 Å². The summed E-state index contributed by atoms with van der Waals surface area (Å²) in [6, 6.07) is 6.89. The Balaban J connectivity index is 1.34. The molecular weight excluding hydrogens is 442 g/mol. The number of nitrogens with zero attached hydrogens (tertiary/aromatic N) is 1. The molecule has 0 aromatic heterocycles. The monoisotopic (exact) mass is 475 g/mol. The Kier molecular flexibility index (Phi) is 12.1. The largest absolute Gasteiger partial charge is 0.379 e. The maximum Gasteiger partial charge on any atom is 0.261 e. The third-order valence-electron chi connectivity index (χ3n) is 4.45. The van der Waals surface area contributed by atoms with E-state index in [-0.39, 0.29) is 25.0 Å². The molecule has 1 heterocycles. The van der Waals surface area contributed by atoms with Gasteiger partial charge in [-0.15, -0.1) is 0 Å². The first-order valence-electron chi connectivity index (χ1n) is 10.5. The molecule has 10 nitrogen and oxygen atoms in total.